The maximum Gasteiger partial charge on any atom is 4.00 e. The van der Waals surface area contributed by atoms with Gasteiger partial charge in [0.2, 0.25) is 0 Å². The van der Waals surface area contributed by atoms with Crippen molar-refractivity contribution < 1.29 is 52.4 Å². The van der Waals surface area contributed by atoms with Gasteiger partial charge in [0.05, 0.1) is 0 Å². The van der Waals surface area contributed by atoms with Gasteiger partial charge in [-0.2, -0.15) is 79.1 Å². The fraction of sp³-hybridized carbons (Fsp3) is 0.625. The molecule has 0 bridgehead atoms. The van der Waals surface area contributed by atoms with Gasteiger partial charge in [0.25, 0.3) is 0 Å². The van der Waals surface area contributed by atoms with Gasteiger partial charge in [-0.05, 0) is 32.9 Å². The van der Waals surface area contributed by atoms with Gasteiger partial charge >= 0.3 is 52.4 Å². The number of hydrogen-bond donors (Lipinski definition) is 0. The molecule has 0 radical (unpaired) electrons. The quantitative estimate of drug-likeness (QED) is 0.235. The van der Waals surface area contributed by atoms with Crippen molar-refractivity contribution in [3.8, 4) is 0 Å². The summed E-state index contributed by atoms with van der Waals surface area (Å²) in [6.45, 7) is 27.0. The van der Waals surface area contributed by atoms with E-state index in [1.807, 2.05) is 24.3 Å². The van der Waals surface area contributed by atoms with Gasteiger partial charge in [-0.25, -0.2) is 0 Å². The summed E-state index contributed by atoms with van der Waals surface area (Å²) in [5, 5.41) is 14.0. The molecule has 0 spiro atoms. The minimum Gasteiger partial charge on any atom is -0.688 e. The monoisotopic (exact) mass is 856 g/mol. The topological polar surface area (TPSA) is 113 Å². The smallest absolute Gasteiger partial charge is 0.688 e. The molecule has 0 amide bonds. The van der Waals surface area contributed by atoms with E-state index in [1.165, 1.54) is 0 Å². The van der Waals surface area contributed by atoms with Gasteiger partial charge < -0.3 is 41.2 Å². The molecule has 0 saturated heterocycles. The molecule has 0 heterocycles. The van der Waals surface area contributed by atoms with Crippen LogP contribution >= 0.6 is 0 Å². The van der Waals surface area contributed by atoms with Gasteiger partial charge in [0.1, 0.15) is 0 Å². The van der Waals surface area contributed by atoms with Crippen LogP contribution in [-0.2, 0) is 52.4 Å². The Hall–Kier alpha value is 0.114. The normalized spacial score (nSPS) is 10.2. The average molecular weight is 860 g/mol. The van der Waals surface area contributed by atoms with E-state index in [0.29, 0.717) is 0 Å². The fourth-order valence-corrected chi connectivity index (χ4v) is 6.40. The summed E-state index contributed by atoms with van der Waals surface area (Å²) in [4.78, 5) is 19.4. The van der Waals surface area contributed by atoms with Crippen molar-refractivity contribution >= 4 is 55.7 Å². The third-order valence-corrected chi connectivity index (χ3v) is 7.23. The molecular weight excluding hydrogens is 791 g/mol. The molecule has 0 N–H and O–H groups in total. The Bertz CT molecular complexity index is 782. The Kier molecular flexibility index (Phi) is 41.0. The van der Waals surface area contributed by atoms with Crippen LogP contribution in [0, 0.1) is 0 Å². The first kappa shape index (κ1) is 58.3. The molecule has 14 heteroatoms. The standard InChI is InChI=1S/2C12H22N2Si2.4C2H6N.2Zr/c2*1-15(2,3)13-11-9-7-8-10-12(11)14-16(4,5)6;4*1-3-2;;/h2*7-10H,1-6H3;4*1-2H3;;/q2*-2;4*-1;2*+4. The summed E-state index contributed by atoms with van der Waals surface area (Å²) in [6.07, 6.45) is 0. The van der Waals surface area contributed by atoms with Crippen LogP contribution in [0.5, 0.6) is 0 Å². The van der Waals surface area contributed by atoms with Crippen LogP contribution < -0.4 is 0 Å². The zero-order valence-electron chi connectivity index (χ0n) is 33.2. The molecule has 0 saturated carbocycles. The van der Waals surface area contributed by atoms with Crippen LogP contribution in [0.4, 0.5) is 22.7 Å². The van der Waals surface area contributed by atoms with Crippen molar-refractivity contribution in [2.75, 3.05) is 56.4 Å². The Morgan fingerprint density at radius 1 is 0.304 bits per heavy atom. The van der Waals surface area contributed by atoms with Crippen molar-refractivity contribution in [3.05, 3.63) is 89.7 Å². The molecule has 46 heavy (non-hydrogen) atoms. The van der Waals surface area contributed by atoms with Crippen LogP contribution in [0.15, 0.2) is 48.5 Å². The minimum absolute atomic E-state index is 0. The van der Waals surface area contributed by atoms with Crippen LogP contribution in [0.3, 0.4) is 0 Å². The second-order valence-electron chi connectivity index (χ2n) is 13.9. The Morgan fingerprint density at radius 2 is 0.413 bits per heavy atom. The van der Waals surface area contributed by atoms with Gasteiger partial charge in [-0.1, -0.05) is 127 Å². The summed E-state index contributed by atoms with van der Waals surface area (Å²) >= 11 is 0. The fourth-order valence-electron chi connectivity index (χ4n) is 2.75. The van der Waals surface area contributed by atoms with Crippen LogP contribution in [0.1, 0.15) is 0 Å². The second-order valence-corrected chi connectivity index (χ2v) is 32.2. The number of nitrogens with zero attached hydrogens (tertiary/aromatic N) is 8. The molecule has 2 aromatic carbocycles. The molecule has 0 atom stereocenters. The molecule has 0 aliphatic rings. The molecule has 0 unspecified atom stereocenters. The van der Waals surface area contributed by atoms with E-state index in [1.54, 1.807) is 56.4 Å². The van der Waals surface area contributed by atoms with E-state index in [9.17, 15) is 0 Å². The van der Waals surface area contributed by atoms with E-state index in [0.717, 1.165) is 22.7 Å². The molecule has 2 aromatic rings. The Labute approximate surface area is 330 Å². The third kappa shape index (κ3) is 46.2. The first-order valence-corrected chi connectivity index (χ1v) is 28.8. The molecule has 8 nitrogen and oxygen atoms in total. The van der Waals surface area contributed by atoms with Crippen molar-refractivity contribution in [2.45, 2.75) is 78.6 Å². The minimum atomic E-state index is -1.42. The van der Waals surface area contributed by atoms with Crippen LogP contribution in [0.25, 0.3) is 41.2 Å². The van der Waals surface area contributed by atoms with E-state index >= 15 is 0 Å². The molecule has 0 aromatic heterocycles. The maximum absolute atomic E-state index is 4.84. The van der Waals surface area contributed by atoms with Crippen molar-refractivity contribution in [1.82, 2.24) is 0 Å². The van der Waals surface area contributed by atoms with E-state index < -0.39 is 32.9 Å². The zero-order valence-corrected chi connectivity index (χ0v) is 42.1. The van der Waals surface area contributed by atoms with Crippen LogP contribution in [-0.4, -0.2) is 89.3 Å². The average Bonchev–Trinajstić information content (AvgIpc) is 2.81. The summed E-state index contributed by atoms with van der Waals surface area (Å²) < 4.78 is 0. The van der Waals surface area contributed by atoms with E-state index in [-0.39, 0.29) is 52.4 Å². The molecule has 0 aliphatic carbocycles. The summed E-state index contributed by atoms with van der Waals surface area (Å²) in [7, 11) is 8.30. The number of rotatable bonds is 8. The molecule has 0 fully saturated rings. The van der Waals surface area contributed by atoms with Crippen LogP contribution in [0.2, 0.25) is 78.6 Å². The van der Waals surface area contributed by atoms with E-state index in [2.05, 4.69) is 124 Å². The molecule has 2 rings (SSSR count). The largest absolute Gasteiger partial charge is 4.00 e. The first-order valence-electron chi connectivity index (χ1n) is 15.0. The summed E-state index contributed by atoms with van der Waals surface area (Å²) in [5.41, 5.74) is 4.29. The number of hydrogen-bond acceptors (Lipinski definition) is 0. The predicted molar refractivity (Wildman–Crippen MR) is 219 cm³/mol. The van der Waals surface area contributed by atoms with Gasteiger partial charge in [0, 0.05) is 0 Å². The Morgan fingerprint density at radius 3 is 0.500 bits per heavy atom. The molecule has 260 valence electrons. The van der Waals surface area contributed by atoms with Crippen molar-refractivity contribution in [1.29, 1.82) is 0 Å². The first-order chi connectivity index (χ1) is 20.0. The van der Waals surface area contributed by atoms with E-state index in [4.69, 9.17) is 19.9 Å². The predicted octanol–water partition coefficient (Wildman–Crippen LogP) is 13.2. The van der Waals surface area contributed by atoms with Gasteiger partial charge in [0.15, 0.2) is 0 Å². The second kappa shape index (κ2) is 32.3. The molecule has 0 aliphatic heterocycles. The SMILES string of the molecule is C[N-]C.C[N-]C.C[N-]C.C[N-]C.C[Si](C)(C)[N-]c1ccccc1[N-][Si](C)(C)C.C[Si](C)(C)[N-]c1ccccc1[N-][Si](C)(C)C.[Zr+4].[Zr+4]. The maximum atomic E-state index is 4.84. The molecular formula is C32H68N8Si4Zr2. The van der Waals surface area contributed by atoms with Crippen molar-refractivity contribution in [3.63, 3.8) is 0 Å². The Balaban J connectivity index is -0.000000125. The van der Waals surface area contributed by atoms with Gasteiger partial charge in [-0.3, -0.25) is 0 Å². The zero-order chi connectivity index (χ0) is 35.6. The van der Waals surface area contributed by atoms with Crippen molar-refractivity contribution in [2.24, 2.45) is 0 Å². The third-order valence-electron chi connectivity index (χ3n) is 3.59. The number of benzene rings is 2. The summed E-state index contributed by atoms with van der Waals surface area (Å²) in [6, 6.07) is 16.5. The summed E-state index contributed by atoms with van der Waals surface area (Å²) in [5.74, 6) is 0. The van der Waals surface area contributed by atoms with Gasteiger partial charge in [-0.15, -0.1) is 0 Å².